The van der Waals surface area contributed by atoms with Crippen molar-refractivity contribution < 1.29 is 14.6 Å². The average Bonchev–Trinajstić information content (AvgIpc) is 2.85. The van der Waals surface area contributed by atoms with Crippen molar-refractivity contribution in [3.63, 3.8) is 0 Å². The first-order valence-corrected chi connectivity index (χ1v) is 7.21. The van der Waals surface area contributed by atoms with Gasteiger partial charge in [0.25, 0.3) is 0 Å². The first-order chi connectivity index (χ1) is 8.92. The molecule has 2 unspecified atom stereocenters. The molecule has 0 bridgehead atoms. The number of morpholine rings is 1. The zero-order valence-electron chi connectivity index (χ0n) is 12.2. The maximum absolute atomic E-state index is 12.9. The van der Waals surface area contributed by atoms with Crippen LogP contribution in [-0.4, -0.2) is 60.4 Å². The molecule has 2 fully saturated rings. The molecule has 0 spiro atoms. The molecule has 0 aromatic heterocycles. The van der Waals surface area contributed by atoms with E-state index in [1.54, 1.807) is 0 Å². The predicted octanol–water partition coefficient (Wildman–Crippen LogP) is 0.374. The lowest BCUT2D eigenvalue weighted by Gasteiger charge is -2.45. The van der Waals surface area contributed by atoms with Crippen molar-refractivity contribution in [1.29, 1.82) is 0 Å². The maximum atomic E-state index is 12.9. The molecule has 5 heteroatoms. The third-order valence-corrected chi connectivity index (χ3v) is 4.35. The Hall–Kier alpha value is -0.650. The first kappa shape index (κ1) is 14.8. The zero-order chi connectivity index (χ0) is 14.1. The fourth-order valence-corrected chi connectivity index (χ4v) is 3.26. The Labute approximate surface area is 115 Å². The minimum absolute atomic E-state index is 0.0371. The second-order valence-corrected chi connectivity index (χ2v) is 6.43. The summed E-state index contributed by atoms with van der Waals surface area (Å²) in [7, 11) is 0. The normalized spacial score (nSPS) is 34.5. The molecule has 110 valence electrons. The average molecular weight is 270 g/mol. The summed E-state index contributed by atoms with van der Waals surface area (Å²) in [5, 5.41) is 12.6. The van der Waals surface area contributed by atoms with E-state index in [-0.39, 0.29) is 29.6 Å². The number of hydrogen-bond donors (Lipinski definition) is 2. The molecule has 2 atom stereocenters. The summed E-state index contributed by atoms with van der Waals surface area (Å²) in [5.41, 5.74) is -0.643. The van der Waals surface area contributed by atoms with Crippen LogP contribution in [0.15, 0.2) is 0 Å². The van der Waals surface area contributed by atoms with Gasteiger partial charge in [0.2, 0.25) is 5.91 Å². The van der Waals surface area contributed by atoms with Gasteiger partial charge in [0.15, 0.2) is 0 Å². The van der Waals surface area contributed by atoms with E-state index < -0.39 is 0 Å². The number of aliphatic hydroxyl groups excluding tert-OH is 1. The van der Waals surface area contributed by atoms with Gasteiger partial charge in [-0.3, -0.25) is 4.79 Å². The Balaban J connectivity index is 2.13. The minimum atomic E-state index is -0.387. The summed E-state index contributed by atoms with van der Waals surface area (Å²) >= 11 is 0. The van der Waals surface area contributed by atoms with Crippen LogP contribution in [0.2, 0.25) is 0 Å². The number of rotatable bonds is 3. The van der Waals surface area contributed by atoms with E-state index in [1.807, 2.05) is 18.7 Å². The second-order valence-electron chi connectivity index (χ2n) is 6.43. The highest BCUT2D eigenvalue weighted by atomic mass is 16.5. The fraction of sp³-hybridized carbons (Fsp3) is 0.929. The van der Waals surface area contributed by atoms with Crippen LogP contribution in [0, 0.1) is 5.41 Å². The molecule has 5 nitrogen and oxygen atoms in total. The number of ether oxygens (including phenoxy) is 1. The summed E-state index contributed by atoms with van der Waals surface area (Å²) in [4.78, 5) is 14.7. The molecule has 2 aliphatic rings. The van der Waals surface area contributed by atoms with E-state index in [9.17, 15) is 9.90 Å². The molecule has 2 aliphatic heterocycles. The lowest BCUT2D eigenvalue weighted by atomic mass is 9.82. The van der Waals surface area contributed by atoms with E-state index in [1.165, 1.54) is 0 Å². The smallest absolute Gasteiger partial charge is 0.230 e. The van der Waals surface area contributed by atoms with E-state index >= 15 is 0 Å². The number of nitrogens with zero attached hydrogens (tertiary/aromatic N) is 1. The van der Waals surface area contributed by atoms with Crippen molar-refractivity contribution in [1.82, 2.24) is 10.2 Å². The first-order valence-electron chi connectivity index (χ1n) is 7.21. The molecule has 2 N–H and O–H groups in total. The van der Waals surface area contributed by atoms with Crippen molar-refractivity contribution in [3.05, 3.63) is 0 Å². The Kier molecular flexibility index (Phi) is 4.18. The highest BCUT2D eigenvalue weighted by molar-refractivity contribution is 5.83. The Bertz CT molecular complexity index is 338. The third kappa shape index (κ3) is 2.93. The maximum Gasteiger partial charge on any atom is 0.230 e. The van der Waals surface area contributed by atoms with Gasteiger partial charge in [0, 0.05) is 19.6 Å². The summed E-state index contributed by atoms with van der Waals surface area (Å²) in [6, 6.07) is 0. The number of nitrogens with one attached hydrogen (secondary N) is 1. The van der Waals surface area contributed by atoms with Crippen molar-refractivity contribution >= 4 is 5.91 Å². The fourth-order valence-electron chi connectivity index (χ4n) is 3.26. The molecular formula is C14H26N2O3. The molecule has 0 radical (unpaired) electrons. The van der Waals surface area contributed by atoms with E-state index in [4.69, 9.17) is 4.74 Å². The van der Waals surface area contributed by atoms with Crippen LogP contribution in [0.5, 0.6) is 0 Å². The van der Waals surface area contributed by atoms with E-state index in [0.717, 1.165) is 25.9 Å². The topological polar surface area (TPSA) is 61.8 Å². The highest BCUT2D eigenvalue weighted by Crippen LogP contribution is 2.34. The summed E-state index contributed by atoms with van der Waals surface area (Å²) in [6.45, 7) is 8.77. The van der Waals surface area contributed by atoms with Gasteiger partial charge in [-0.15, -0.1) is 0 Å². The van der Waals surface area contributed by atoms with Crippen LogP contribution in [0.4, 0.5) is 0 Å². The lowest BCUT2D eigenvalue weighted by molar-refractivity contribution is -0.173. The van der Waals surface area contributed by atoms with Crippen LogP contribution >= 0.6 is 0 Å². The summed E-state index contributed by atoms with van der Waals surface area (Å²) < 4.78 is 5.77. The van der Waals surface area contributed by atoms with Gasteiger partial charge < -0.3 is 20.1 Å². The number of aliphatic hydroxyl groups is 1. The largest absolute Gasteiger partial charge is 0.394 e. The van der Waals surface area contributed by atoms with Crippen molar-refractivity contribution in [2.24, 2.45) is 5.41 Å². The molecule has 19 heavy (non-hydrogen) atoms. The van der Waals surface area contributed by atoms with Crippen LogP contribution in [0.25, 0.3) is 0 Å². The Morgan fingerprint density at radius 1 is 1.53 bits per heavy atom. The van der Waals surface area contributed by atoms with Gasteiger partial charge in [-0.25, -0.2) is 0 Å². The van der Waals surface area contributed by atoms with Gasteiger partial charge in [0.1, 0.15) is 0 Å². The molecule has 2 saturated heterocycles. The van der Waals surface area contributed by atoms with Crippen LogP contribution in [0.3, 0.4) is 0 Å². The molecule has 2 rings (SSSR count). The number of carbonyl (C=O) groups is 1. The molecule has 2 heterocycles. The monoisotopic (exact) mass is 270 g/mol. The van der Waals surface area contributed by atoms with E-state index in [0.29, 0.717) is 13.1 Å². The summed E-state index contributed by atoms with van der Waals surface area (Å²) in [6.07, 6.45) is 1.50. The van der Waals surface area contributed by atoms with E-state index in [2.05, 4.69) is 12.2 Å². The number of hydrogen-bond acceptors (Lipinski definition) is 4. The Morgan fingerprint density at radius 2 is 2.26 bits per heavy atom. The lowest BCUT2D eigenvalue weighted by Crippen LogP contribution is -2.58. The molecule has 0 aromatic rings. The van der Waals surface area contributed by atoms with Crippen molar-refractivity contribution in [3.8, 4) is 0 Å². The van der Waals surface area contributed by atoms with Crippen LogP contribution < -0.4 is 5.32 Å². The van der Waals surface area contributed by atoms with Gasteiger partial charge in [-0.2, -0.15) is 0 Å². The van der Waals surface area contributed by atoms with Crippen molar-refractivity contribution in [2.75, 3.05) is 32.8 Å². The van der Waals surface area contributed by atoms with Crippen LogP contribution in [0.1, 0.15) is 33.6 Å². The number of amides is 1. The molecule has 1 amide bonds. The molecule has 0 saturated carbocycles. The molecular weight excluding hydrogens is 244 g/mol. The minimum Gasteiger partial charge on any atom is -0.394 e. The van der Waals surface area contributed by atoms with Gasteiger partial charge in [-0.05, 0) is 33.2 Å². The molecule has 0 aromatic carbocycles. The third-order valence-electron chi connectivity index (χ3n) is 4.35. The zero-order valence-corrected chi connectivity index (χ0v) is 12.2. The highest BCUT2D eigenvalue weighted by Gasteiger charge is 2.45. The van der Waals surface area contributed by atoms with Crippen LogP contribution in [-0.2, 0) is 9.53 Å². The Morgan fingerprint density at radius 3 is 2.79 bits per heavy atom. The van der Waals surface area contributed by atoms with Crippen molar-refractivity contribution in [2.45, 2.75) is 45.3 Å². The predicted molar refractivity (Wildman–Crippen MR) is 72.8 cm³/mol. The number of carbonyl (C=O) groups excluding carboxylic acids is 1. The summed E-state index contributed by atoms with van der Waals surface area (Å²) in [5.74, 6) is 0.217. The van der Waals surface area contributed by atoms with Gasteiger partial charge in [-0.1, -0.05) is 6.92 Å². The van der Waals surface area contributed by atoms with Gasteiger partial charge in [0.05, 0.1) is 23.7 Å². The van der Waals surface area contributed by atoms with Gasteiger partial charge >= 0.3 is 0 Å². The standard InChI is InChI=1S/C14H26N2O3/c1-4-14(5-6-15-9-14)12(18)16-7-11(8-17)19-13(2,3)10-16/h11,15,17H,4-10H2,1-3H3. The molecule has 0 aliphatic carbocycles. The quantitative estimate of drug-likeness (QED) is 0.778. The second kappa shape index (κ2) is 5.38. The SMILES string of the molecule is CCC1(C(=O)N2CC(CO)OC(C)(C)C2)CCNC1.